The number of carbonyl (C=O) groups is 2. The van der Waals surface area contributed by atoms with Crippen LogP contribution in [0.25, 0.3) is 0 Å². The predicted molar refractivity (Wildman–Crippen MR) is 155 cm³/mol. The molecule has 1 saturated carbocycles. The van der Waals surface area contributed by atoms with Crippen molar-refractivity contribution in [2.24, 2.45) is 5.41 Å². The van der Waals surface area contributed by atoms with Crippen molar-refractivity contribution >= 4 is 12.1 Å². The van der Waals surface area contributed by atoms with Gasteiger partial charge in [-0.2, -0.15) is 0 Å². The lowest BCUT2D eigenvalue weighted by Gasteiger charge is -2.46. The fourth-order valence-corrected chi connectivity index (χ4v) is 6.18. The highest BCUT2D eigenvalue weighted by molar-refractivity contribution is 5.70. The number of hydrogen-bond acceptors (Lipinski definition) is 4. The molecule has 1 unspecified atom stereocenters. The maximum Gasteiger partial charge on any atom is 0.410 e. The van der Waals surface area contributed by atoms with Crippen molar-refractivity contribution in [1.29, 1.82) is 0 Å². The Morgan fingerprint density at radius 1 is 0.757 bits per heavy atom. The lowest BCUT2D eigenvalue weighted by atomic mass is 9.65. The summed E-state index contributed by atoms with van der Waals surface area (Å²) in [4.78, 5) is 24.4. The minimum absolute atomic E-state index is 0.0947. The van der Waals surface area contributed by atoms with Crippen LogP contribution < -0.4 is 5.32 Å². The van der Waals surface area contributed by atoms with Crippen LogP contribution in [0.1, 0.15) is 163 Å². The Hall–Kier alpha value is -1.52. The van der Waals surface area contributed by atoms with Gasteiger partial charge in [0.1, 0.15) is 0 Å². The van der Waals surface area contributed by atoms with Crippen molar-refractivity contribution < 1.29 is 19.1 Å². The molecule has 1 atom stereocenters. The molecule has 5 nitrogen and oxygen atoms in total. The first kappa shape index (κ1) is 33.5. The fraction of sp³-hybridized carbons (Fsp3) is 0.875. The van der Waals surface area contributed by atoms with Crippen LogP contribution in [0.15, 0.2) is 12.2 Å². The summed E-state index contributed by atoms with van der Waals surface area (Å²) >= 11 is 0. The van der Waals surface area contributed by atoms with Gasteiger partial charge in [0.25, 0.3) is 0 Å². The standard InChI is InChI=1S/C32H59NO4/c1-6-8-9-10-11-12-13-14-15-16-17-18-19-20-21-22-29(34)36-27-37-30(35)33-32(23-7-2)25-28(3)24-31(4,5)26-32/h3,6-27H2,1-2,4-5H3,(H,33,35). The van der Waals surface area contributed by atoms with E-state index >= 15 is 0 Å². The van der Waals surface area contributed by atoms with E-state index in [4.69, 9.17) is 9.47 Å². The minimum Gasteiger partial charge on any atom is -0.428 e. The molecule has 0 aliphatic heterocycles. The molecule has 0 aromatic carbocycles. The minimum atomic E-state index is -0.515. The summed E-state index contributed by atoms with van der Waals surface area (Å²) in [6.07, 6.45) is 23.8. The summed E-state index contributed by atoms with van der Waals surface area (Å²) in [5.74, 6) is -0.294. The quantitative estimate of drug-likeness (QED) is 0.0706. The van der Waals surface area contributed by atoms with Gasteiger partial charge < -0.3 is 14.8 Å². The Morgan fingerprint density at radius 3 is 1.76 bits per heavy atom. The molecule has 1 fully saturated rings. The largest absolute Gasteiger partial charge is 0.428 e. The van der Waals surface area contributed by atoms with Gasteiger partial charge in [-0.3, -0.25) is 4.79 Å². The smallest absolute Gasteiger partial charge is 0.410 e. The van der Waals surface area contributed by atoms with Gasteiger partial charge in [-0.1, -0.05) is 136 Å². The van der Waals surface area contributed by atoms with E-state index in [9.17, 15) is 9.59 Å². The number of nitrogens with one attached hydrogen (secondary N) is 1. The number of carbonyl (C=O) groups excluding carboxylic acids is 2. The van der Waals surface area contributed by atoms with Gasteiger partial charge in [0, 0.05) is 12.0 Å². The molecule has 1 aliphatic rings. The molecular formula is C32H59NO4. The lowest BCUT2D eigenvalue weighted by Crippen LogP contribution is -2.53. The average molecular weight is 522 g/mol. The summed E-state index contributed by atoms with van der Waals surface area (Å²) in [6.45, 7) is 12.7. The first-order valence-electron chi connectivity index (χ1n) is 15.5. The fourth-order valence-electron chi connectivity index (χ4n) is 6.18. The van der Waals surface area contributed by atoms with Gasteiger partial charge in [-0.25, -0.2) is 4.79 Å². The van der Waals surface area contributed by atoms with E-state index in [0.29, 0.717) is 6.42 Å². The van der Waals surface area contributed by atoms with Crippen molar-refractivity contribution in [3.8, 4) is 0 Å². The van der Waals surface area contributed by atoms with Crippen LogP contribution in [-0.2, 0) is 14.3 Å². The highest BCUT2D eigenvalue weighted by Gasteiger charge is 2.42. The Bertz CT molecular complexity index is 645. The summed E-state index contributed by atoms with van der Waals surface area (Å²) in [5, 5.41) is 3.08. The zero-order valence-corrected chi connectivity index (χ0v) is 24.9. The van der Waals surface area contributed by atoms with E-state index in [0.717, 1.165) is 44.9 Å². The molecule has 1 aliphatic carbocycles. The molecule has 1 N–H and O–H groups in total. The lowest BCUT2D eigenvalue weighted by molar-refractivity contribution is -0.152. The van der Waals surface area contributed by atoms with E-state index in [1.54, 1.807) is 0 Å². The third kappa shape index (κ3) is 16.8. The van der Waals surface area contributed by atoms with E-state index in [1.165, 1.54) is 89.0 Å². The third-order valence-corrected chi connectivity index (χ3v) is 7.62. The Morgan fingerprint density at radius 2 is 1.27 bits per heavy atom. The van der Waals surface area contributed by atoms with Crippen LogP contribution >= 0.6 is 0 Å². The molecule has 0 aromatic rings. The summed E-state index contributed by atoms with van der Waals surface area (Å²) in [5.41, 5.74) is 0.931. The molecule has 0 saturated heterocycles. The highest BCUT2D eigenvalue weighted by atomic mass is 16.7. The van der Waals surface area contributed by atoms with E-state index < -0.39 is 6.09 Å². The maximum atomic E-state index is 12.4. The zero-order valence-electron chi connectivity index (χ0n) is 24.9. The average Bonchev–Trinajstić information content (AvgIpc) is 2.80. The summed E-state index contributed by atoms with van der Waals surface area (Å²) in [7, 11) is 0. The number of amides is 1. The molecule has 216 valence electrons. The van der Waals surface area contributed by atoms with Gasteiger partial charge in [0.2, 0.25) is 6.79 Å². The normalized spacial score (nSPS) is 19.0. The number of hydrogen-bond donors (Lipinski definition) is 1. The second kappa shape index (κ2) is 19.5. The molecule has 0 spiro atoms. The molecule has 5 heteroatoms. The monoisotopic (exact) mass is 521 g/mol. The first-order chi connectivity index (χ1) is 17.7. The molecule has 0 heterocycles. The van der Waals surface area contributed by atoms with Crippen LogP contribution in [0.4, 0.5) is 4.79 Å². The van der Waals surface area contributed by atoms with Gasteiger partial charge >= 0.3 is 12.1 Å². The topological polar surface area (TPSA) is 64.6 Å². The van der Waals surface area contributed by atoms with Gasteiger partial charge in [0.15, 0.2) is 0 Å². The van der Waals surface area contributed by atoms with E-state index in [2.05, 4.69) is 39.6 Å². The number of unbranched alkanes of at least 4 members (excludes halogenated alkanes) is 14. The number of alkyl carbamates (subject to hydrolysis) is 1. The molecule has 0 bridgehead atoms. The van der Waals surface area contributed by atoms with Crippen LogP contribution in [0.3, 0.4) is 0 Å². The first-order valence-corrected chi connectivity index (χ1v) is 15.5. The molecular weight excluding hydrogens is 462 g/mol. The Balaban J connectivity index is 2.02. The Kier molecular flexibility index (Phi) is 17.7. The number of ether oxygens (including phenoxy) is 2. The van der Waals surface area contributed by atoms with Crippen molar-refractivity contribution in [2.75, 3.05) is 6.79 Å². The van der Waals surface area contributed by atoms with Crippen molar-refractivity contribution in [3.05, 3.63) is 12.2 Å². The number of rotatable bonds is 21. The van der Waals surface area contributed by atoms with Crippen molar-refractivity contribution in [2.45, 2.75) is 168 Å². The zero-order chi connectivity index (χ0) is 27.4. The third-order valence-electron chi connectivity index (χ3n) is 7.62. The summed E-state index contributed by atoms with van der Waals surface area (Å²) in [6, 6.07) is 0. The van der Waals surface area contributed by atoms with Gasteiger partial charge in [0.05, 0.1) is 0 Å². The molecule has 37 heavy (non-hydrogen) atoms. The SMILES string of the molecule is C=C1CC(C)(C)CC(CCC)(NC(=O)OCOC(=O)CCCCCCCCCCCCCCCCC)C1. The highest BCUT2D eigenvalue weighted by Crippen LogP contribution is 2.45. The molecule has 1 rings (SSSR count). The Labute approximate surface area is 228 Å². The van der Waals surface area contributed by atoms with Crippen molar-refractivity contribution in [3.63, 3.8) is 0 Å². The van der Waals surface area contributed by atoms with Crippen LogP contribution in [0.5, 0.6) is 0 Å². The van der Waals surface area contributed by atoms with E-state index in [-0.39, 0.29) is 23.7 Å². The second-order valence-electron chi connectivity index (χ2n) is 12.4. The number of esters is 1. The molecule has 0 aromatic heterocycles. The van der Waals surface area contributed by atoms with Crippen LogP contribution in [0, 0.1) is 5.41 Å². The van der Waals surface area contributed by atoms with Crippen LogP contribution in [0.2, 0.25) is 0 Å². The van der Waals surface area contributed by atoms with Crippen LogP contribution in [-0.4, -0.2) is 24.4 Å². The van der Waals surface area contributed by atoms with E-state index in [1.807, 2.05) is 0 Å². The molecule has 0 radical (unpaired) electrons. The van der Waals surface area contributed by atoms with Crippen molar-refractivity contribution in [1.82, 2.24) is 5.32 Å². The second-order valence-corrected chi connectivity index (χ2v) is 12.4. The maximum absolute atomic E-state index is 12.4. The van der Waals surface area contributed by atoms with Gasteiger partial charge in [-0.15, -0.1) is 0 Å². The van der Waals surface area contributed by atoms with Gasteiger partial charge in [-0.05, 0) is 37.5 Å². The summed E-state index contributed by atoms with van der Waals surface area (Å²) < 4.78 is 10.3. The predicted octanol–water partition coefficient (Wildman–Crippen LogP) is 9.78. The molecule has 1 amide bonds.